The summed E-state index contributed by atoms with van der Waals surface area (Å²) < 4.78 is 10.8. The molecule has 1 fully saturated rings. The van der Waals surface area contributed by atoms with Crippen LogP contribution in [0.25, 0.3) is 0 Å². The van der Waals surface area contributed by atoms with Gasteiger partial charge in [0.25, 0.3) is 0 Å². The van der Waals surface area contributed by atoms with Gasteiger partial charge in [0.15, 0.2) is 0 Å². The van der Waals surface area contributed by atoms with Crippen LogP contribution in [0.4, 0.5) is 0 Å². The quantitative estimate of drug-likeness (QED) is 0.660. The summed E-state index contributed by atoms with van der Waals surface area (Å²) in [5.74, 6) is 8.06. The highest BCUT2D eigenvalue weighted by Crippen LogP contribution is 2.20. The molecule has 1 aliphatic rings. The van der Waals surface area contributed by atoms with Crippen LogP contribution in [0.1, 0.15) is 43.4 Å². The number of benzene rings is 2. The van der Waals surface area contributed by atoms with E-state index >= 15 is 0 Å². The van der Waals surface area contributed by atoms with E-state index in [0.29, 0.717) is 31.3 Å². The third kappa shape index (κ3) is 5.97. The molecule has 0 aliphatic carbocycles. The molecule has 1 saturated heterocycles. The maximum Gasteiger partial charge on any atom is 0.138 e. The van der Waals surface area contributed by atoms with Gasteiger partial charge in [-0.1, -0.05) is 30.9 Å². The Morgan fingerprint density at radius 1 is 1.11 bits per heavy atom. The minimum absolute atomic E-state index is 0.114. The first-order chi connectivity index (χ1) is 13.6. The highest BCUT2D eigenvalue weighted by Gasteiger charge is 2.24. The van der Waals surface area contributed by atoms with E-state index in [2.05, 4.69) is 43.0 Å². The van der Waals surface area contributed by atoms with Crippen molar-refractivity contribution in [2.24, 2.45) is 11.8 Å². The number of ketones is 1. The molecule has 0 radical (unpaired) electrons. The third-order valence-corrected chi connectivity index (χ3v) is 4.99. The fraction of sp³-hybridized carbons (Fsp3) is 0.400. The van der Waals surface area contributed by atoms with Crippen molar-refractivity contribution in [3.05, 3.63) is 65.2 Å². The van der Waals surface area contributed by atoms with Gasteiger partial charge in [0.2, 0.25) is 0 Å². The van der Waals surface area contributed by atoms with Gasteiger partial charge in [-0.15, -0.1) is 0 Å². The summed E-state index contributed by atoms with van der Waals surface area (Å²) >= 11 is 0. The second-order valence-electron chi connectivity index (χ2n) is 7.44. The molecule has 0 spiro atoms. The molecular formula is C25H28O3. The molecule has 0 bridgehead atoms. The molecule has 3 heteroatoms. The summed E-state index contributed by atoms with van der Waals surface area (Å²) in [6.45, 7) is 6.12. The van der Waals surface area contributed by atoms with Crippen molar-refractivity contribution >= 4 is 5.78 Å². The first-order valence-electron chi connectivity index (χ1n) is 10.1. The Bertz CT molecular complexity index is 819. The van der Waals surface area contributed by atoms with E-state index in [9.17, 15) is 4.79 Å². The summed E-state index contributed by atoms with van der Waals surface area (Å²) in [7, 11) is 0. The third-order valence-electron chi connectivity index (χ3n) is 4.99. The van der Waals surface area contributed by atoms with Gasteiger partial charge in [0.05, 0.1) is 13.2 Å². The van der Waals surface area contributed by atoms with E-state index in [0.717, 1.165) is 36.3 Å². The van der Waals surface area contributed by atoms with Crippen LogP contribution in [0.2, 0.25) is 0 Å². The summed E-state index contributed by atoms with van der Waals surface area (Å²) in [6, 6.07) is 16.2. The monoisotopic (exact) mass is 376 g/mol. The van der Waals surface area contributed by atoms with Crippen molar-refractivity contribution < 1.29 is 14.3 Å². The van der Waals surface area contributed by atoms with E-state index in [1.54, 1.807) is 0 Å². The predicted molar refractivity (Wildman–Crippen MR) is 111 cm³/mol. The molecule has 146 valence electrons. The Morgan fingerprint density at radius 3 is 2.32 bits per heavy atom. The second-order valence-corrected chi connectivity index (χ2v) is 7.44. The number of ether oxygens (including phenoxy) is 2. The molecule has 1 heterocycles. The molecule has 2 unspecified atom stereocenters. The minimum Gasteiger partial charge on any atom is -0.494 e. The fourth-order valence-electron chi connectivity index (χ4n) is 3.44. The lowest BCUT2D eigenvalue weighted by molar-refractivity contribution is -0.123. The lowest BCUT2D eigenvalue weighted by Crippen LogP contribution is -2.18. The average Bonchev–Trinajstić information content (AvgIpc) is 3.24. The van der Waals surface area contributed by atoms with Gasteiger partial charge in [-0.25, -0.2) is 0 Å². The van der Waals surface area contributed by atoms with Gasteiger partial charge >= 0.3 is 0 Å². The summed E-state index contributed by atoms with van der Waals surface area (Å²) in [6.07, 6.45) is 2.42. The lowest BCUT2D eigenvalue weighted by Gasteiger charge is -2.13. The Balaban J connectivity index is 1.52. The molecule has 0 N–H and O–H groups in total. The zero-order valence-corrected chi connectivity index (χ0v) is 16.7. The van der Waals surface area contributed by atoms with Crippen LogP contribution in [0.3, 0.4) is 0 Å². The molecule has 2 atom stereocenters. The molecule has 1 aliphatic heterocycles. The van der Waals surface area contributed by atoms with E-state index in [4.69, 9.17) is 9.47 Å². The molecule has 2 aromatic carbocycles. The average molecular weight is 376 g/mol. The minimum atomic E-state index is 0.114. The van der Waals surface area contributed by atoms with Crippen molar-refractivity contribution in [3.63, 3.8) is 0 Å². The predicted octanol–water partition coefficient (Wildman–Crippen LogP) is 4.66. The molecule has 0 amide bonds. The highest BCUT2D eigenvalue weighted by atomic mass is 16.5. The second kappa shape index (κ2) is 10.1. The van der Waals surface area contributed by atoms with Gasteiger partial charge in [-0.2, -0.15) is 0 Å². The van der Waals surface area contributed by atoms with E-state index < -0.39 is 0 Å². The van der Waals surface area contributed by atoms with Crippen LogP contribution >= 0.6 is 0 Å². The summed E-state index contributed by atoms with van der Waals surface area (Å²) in [5, 5.41) is 0. The van der Waals surface area contributed by atoms with E-state index in [1.165, 1.54) is 5.56 Å². The smallest absolute Gasteiger partial charge is 0.138 e. The van der Waals surface area contributed by atoms with Crippen molar-refractivity contribution in [1.82, 2.24) is 0 Å². The molecule has 0 aromatic heterocycles. The van der Waals surface area contributed by atoms with Gasteiger partial charge in [-0.05, 0) is 67.6 Å². The SMILES string of the molecule is CCOc1ccc(C#Cc2ccc(CC(C)CC(=O)C3CCOC3)cc2)cc1. The first kappa shape index (κ1) is 20.2. The molecular weight excluding hydrogens is 348 g/mol. The summed E-state index contributed by atoms with van der Waals surface area (Å²) in [4.78, 5) is 12.3. The van der Waals surface area contributed by atoms with Crippen molar-refractivity contribution in [2.45, 2.75) is 33.1 Å². The number of Topliss-reactive ketones (excluding diaryl/α,β-unsaturated/α-hetero) is 1. The fourth-order valence-corrected chi connectivity index (χ4v) is 3.44. The van der Waals surface area contributed by atoms with E-state index in [1.807, 2.05) is 31.2 Å². The van der Waals surface area contributed by atoms with Crippen LogP contribution in [0, 0.1) is 23.7 Å². The van der Waals surface area contributed by atoms with Gasteiger partial charge in [0, 0.05) is 30.1 Å². The van der Waals surface area contributed by atoms with Crippen molar-refractivity contribution in [3.8, 4) is 17.6 Å². The van der Waals surface area contributed by atoms with Gasteiger partial charge < -0.3 is 9.47 Å². The summed E-state index contributed by atoms with van der Waals surface area (Å²) in [5.41, 5.74) is 3.20. The zero-order valence-electron chi connectivity index (χ0n) is 16.7. The molecule has 3 rings (SSSR count). The number of hydrogen-bond acceptors (Lipinski definition) is 3. The zero-order chi connectivity index (χ0) is 19.8. The molecule has 0 saturated carbocycles. The number of rotatable bonds is 7. The van der Waals surface area contributed by atoms with Crippen LogP contribution in [-0.2, 0) is 16.0 Å². The van der Waals surface area contributed by atoms with Crippen molar-refractivity contribution in [2.75, 3.05) is 19.8 Å². The van der Waals surface area contributed by atoms with Crippen molar-refractivity contribution in [1.29, 1.82) is 0 Å². The van der Waals surface area contributed by atoms with Crippen LogP contribution in [0.15, 0.2) is 48.5 Å². The van der Waals surface area contributed by atoms with Crippen LogP contribution in [-0.4, -0.2) is 25.6 Å². The Hall–Kier alpha value is -2.57. The molecule has 28 heavy (non-hydrogen) atoms. The number of carbonyl (C=O) groups excluding carboxylic acids is 1. The Kier molecular flexibility index (Phi) is 7.28. The Labute approximate surface area is 168 Å². The van der Waals surface area contributed by atoms with Gasteiger partial charge in [-0.3, -0.25) is 4.79 Å². The lowest BCUT2D eigenvalue weighted by atomic mass is 9.90. The topological polar surface area (TPSA) is 35.5 Å². The first-order valence-corrected chi connectivity index (χ1v) is 10.1. The van der Waals surface area contributed by atoms with Gasteiger partial charge in [0.1, 0.15) is 11.5 Å². The van der Waals surface area contributed by atoms with E-state index in [-0.39, 0.29) is 5.92 Å². The molecule has 3 nitrogen and oxygen atoms in total. The highest BCUT2D eigenvalue weighted by molar-refractivity contribution is 5.81. The normalized spacial score (nSPS) is 16.9. The molecule has 2 aromatic rings. The standard InChI is InChI=1S/C25H28O3/c1-3-28-24-12-10-21(11-13-24)5-4-20-6-8-22(9-7-20)16-19(2)17-25(26)23-14-15-27-18-23/h6-13,19,23H,3,14-18H2,1-2H3. The van der Waals surface area contributed by atoms with Crippen LogP contribution < -0.4 is 4.74 Å². The number of hydrogen-bond donors (Lipinski definition) is 0. The largest absolute Gasteiger partial charge is 0.494 e. The maximum atomic E-state index is 12.3. The Morgan fingerprint density at radius 2 is 1.75 bits per heavy atom. The van der Waals surface area contributed by atoms with Crippen LogP contribution in [0.5, 0.6) is 5.75 Å². The number of carbonyl (C=O) groups is 1. The maximum absolute atomic E-state index is 12.3.